The molecule has 1 saturated carbocycles. The molecular formula is C15H24N4O. The lowest BCUT2D eigenvalue weighted by molar-refractivity contribution is -0.123. The summed E-state index contributed by atoms with van der Waals surface area (Å²) < 4.78 is 2.08. The molecule has 110 valence electrons. The van der Waals surface area contributed by atoms with Crippen LogP contribution in [0.5, 0.6) is 0 Å². The number of carbonyl (C=O) groups excluding carboxylic acids is 1. The SMILES string of the molecule is O=C(NCCCCn1ccnc1)C1CC12CCNCC2. The fourth-order valence-corrected chi connectivity index (χ4v) is 3.37. The lowest BCUT2D eigenvalue weighted by Crippen LogP contribution is -2.34. The van der Waals surface area contributed by atoms with E-state index >= 15 is 0 Å². The second kappa shape index (κ2) is 5.95. The average Bonchev–Trinajstić information content (AvgIpc) is 2.92. The minimum Gasteiger partial charge on any atom is -0.356 e. The van der Waals surface area contributed by atoms with Gasteiger partial charge in [0, 0.05) is 31.4 Å². The molecule has 1 aliphatic heterocycles. The molecule has 1 atom stereocenters. The predicted molar refractivity (Wildman–Crippen MR) is 77.1 cm³/mol. The Hall–Kier alpha value is -1.36. The molecule has 3 rings (SSSR count). The van der Waals surface area contributed by atoms with Gasteiger partial charge >= 0.3 is 0 Å². The summed E-state index contributed by atoms with van der Waals surface area (Å²) in [6.45, 7) is 3.94. The first kappa shape index (κ1) is 13.6. The van der Waals surface area contributed by atoms with E-state index in [1.807, 2.05) is 12.5 Å². The van der Waals surface area contributed by atoms with Gasteiger partial charge in [0.15, 0.2) is 0 Å². The number of aryl methyl sites for hydroxylation is 1. The quantitative estimate of drug-likeness (QED) is 0.767. The Bertz CT molecular complexity index is 437. The summed E-state index contributed by atoms with van der Waals surface area (Å²) in [6, 6.07) is 0. The van der Waals surface area contributed by atoms with E-state index in [0.29, 0.717) is 11.3 Å². The molecule has 2 N–H and O–H groups in total. The second-order valence-corrected chi connectivity index (χ2v) is 6.17. The Morgan fingerprint density at radius 1 is 1.40 bits per heavy atom. The monoisotopic (exact) mass is 276 g/mol. The van der Waals surface area contributed by atoms with Crippen molar-refractivity contribution in [2.24, 2.45) is 11.3 Å². The molecule has 1 aromatic rings. The largest absolute Gasteiger partial charge is 0.356 e. The van der Waals surface area contributed by atoms with Gasteiger partial charge in [0.05, 0.1) is 6.33 Å². The fourth-order valence-electron chi connectivity index (χ4n) is 3.37. The normalized spacial score (nSPS) is 23.7. The van der Waals surface area contributed by atoms with Crippen molar-refractivity contribution in [3.8, 4) is 0 Å². The van der Waals surface area contributed by atoms with E-state index in [-0.39, 0.29) is 5.91 Å². The first-order chi connectivity index (χ1) is 9.80. The number of rotatable bonds is 6. The van der Waals surface area contributed by atoms with E-state index in [1.54, 1.807) is 6.20 Å². The van der Waals surface area contributed by atoms with Crippen molar-refractivity contribution in [1.82, 2.24) is 20.2 Å². The van der Waals surface area contributed by atoms with Crippen LogP contribution in [0.1, 0.15) is 32.1 Å². The molecular weight excluding hydrogens is 252 g/mol. The smallest absolute Gasteiger partial charge is 0.223 e. The third kappa shape index (κ3) is 3.03. The van der Waals surface area contributed by atoms with E-state index in [2.05, 4.69) is 20.2 Å². The van der Waals surface area contributed by atoms with Gasteiger partial charge in [0.1, 0.15) is 0 Å². The zero-order valence-corrected chi connectivity index (χ0v) is 12.0. The van der Waals surface area contributed by atoms with Crippen molar-refractivity contribution in [3.05, 3.63) is 18.7 Å². The van der Waals surface area contributed by atoms with Gasteiger partial charge in [-0.1, -0.05) is 0 Å². The number of imidazole rings is 1. The summed E-state index contributed by atoms with van der Waals surface area (Å²) in [5.74, 6) is 0.577. The number of nitrogens with one attached hydrogen (secondary N) is 2. The molecule has 1 aliphatic carbocycles. The van der Waals surface area contributed by atoms with Crippen molar-refractivity contribution in [1.29, 1.82) is 0 Å². The number of hydrogen-bond donors (Lipinski definition) is 2. The highest BCUT2D eigenvalue weighted by Crippen LogP contribution is 2.58. The first-order valence-electron chi connectivity index (χ1n) is 7.74. The molecule has 1 spiro atoms. The summed E-state index contributed by atoms with van der Waals surface area (Å²) in [6.07, 6.45) is 11.2. The zero-order chi connectivity index (χ0) is 13.8. The third-order valence-electron chi connectivity index (χ3n) is 4.81. The number of unbranched alkanes of at least 4 members (excludes halogenated alkanes) is 1. The maximum atomic E-state index is 12.1. The van der Waals surface area contributed by atoms with Gasteiger partial charge in [-0.3, -0.25) is 4.79 Å². The minimum atomic E-state index is 0.287. The summed E-state index contributed by atoms with van der Waals surface area (Å²) in [5, 5.41) is 6.49. The van der Waals surface area contributed by atoms with E-state index in [4.69, 9.17) is 0 Å². The van der Waals surface area contributed by atoms with Crippen LogP contribution in [0, 0.1) is 11.3 Å². The number of piperidine rings is 1. The Kier molecular flexibility index (Phi) is 4.05. The Morgan fingerprint density at radius 3 is 3.00 bits per heavy atom. The van der Waals surface area contributed by atoms with E-state index in [9.17, 15) is 4.79 Å². The van der Waals surface area contributed by atoms with Gasteiger partial charge in [0.2, 0.25) is 5.91 Å². The van der Waals surface area contributed by atoms with Crippen LogP contribution >= 0.6 is 0 Å². The molecule has 1 aromatic heterocycles. The molecule has 0 bridgehead atoms. The van der Waals surface area contributed by atoms with Crippen LogP contribution in [0.25, 0.3) is 0 Å². The van der Waals surface area contributed by atoms with Crippen LogP contribution < -0.4 is 10.6 Å². The van der Waals surface area contributed by atoms with Gasteiger partial charge in [0.25, 0.3) is 0 Å². The van der Waals surface area contributed by atoms with E-state index < -0.39 is 0 Å². The Balaban J connectivity index is 1.30. The number of aromatic nitrogens is 2. The number of nitrogens with zero attached hydrogens (tertiary/aromatic N) is 2. The topological polar surface area (TPSA) is 59.0 Å². The molecule has 1 unspecified atom stereocenters. The van der Waals surface area contributed by atoms with Crippen LogP contribution in [0.15, 0.2) is 18.7 Å². The second-order valence-electron chi connectivity index (χ2n) is 6.17. The number of hydrogen-bond acceptors (Lipinski definition) is 3. The molecule has 1 amide bonds. The van der Waals surface area contributed by atoms with Crippen molar-refractivity contribution in [2.75, 3.05) is 19.6 Å². The Labute approximate surface area is 120 Å². The van der Waals surface area contributed by atoms with Crippen LogP contribution in [0.3, 0.4) is 0 Å². The number of carbonyl (C=O) groups is 1. The van der Waals surface area contributed by atoms with Crippen molar-refractivity contribution in [2.45, 2.75) is 38.6 Å². The van der Waals surface area contributed by atoms with Gasteiger partial charge in [-0.05, 0) is 50.6 Å². The first-order valence-corrected chi connectivity index (χ1v) is 7.74. The molecule has 0 radical (unpaired) electrons. The molecule has 1 saturated heterocycles. The molecule has 2 fully saturated rings. The molecule has 2 aliphatic rings. The highest BCUT2D eigenvalue weighted by molar-refractivity contribution is 5.82. The average molecular weight is 276 g/mol. The summed E-state index contributed by atoms with van der Waals surface area (Å²) in [5.41, 5.74) is 0.353. The Morgan fingerprint density at radius 2 is 2.25 bits per heavy atom. The lowest BCUT2D eigenvalue weighted by Gasteiger charge is -2.23. The van der Waals surface area contributed by atoms with Gasteiger partial charge in [-0.25, -0.2) is 4.98 Å². The van der Waals surface area contributed by atoms with Crippen LogP contribution in [-0.4, -0.2) is 35.1 Å². The lowest BCUT2D eigenvalue weighted by atomic mass is 9.92. The summed E-state index contributed by atoms with van der Waals surface area (Å²) in [7, 11) is 0. The maximum absolute atomic E-state index is 12.1. The molecule has 5 heteroatoms. The standard InChI is InChI=1S/C15H24N4O/c20-14(13-11-15(13)3-6-16-7-4-15)18-5-1-2-9-19-10-8-17-12-19/h8,10,12-13,16H,1-7,9,11H2,(H,18,20). The molecule has 5 nitrogen and oxygen atoms in total. The molecule has 20 heavy (non-hydrogen) atoms. The van der Waals surface area contributed by atoms with Gasteiger partial charge < -0.3 is 15.2 Å². The maximum Gasteiger partial charge on any atom is 0.223 e. The molecule has 2 heterocycles. The zero-order valence-electron chi connectivity index (χ0n) is 12.0. The van der Waals surface area contributed by atoms with Gasteiger partial charge in [-0.2, -0.15) is 0 Å². The predicted octanol–water partition coefficient (Wildman–Crippen LogP) is 1.17. The van der Waals surface area contributed by atoms with Crippen LogP contribution in [-0.2, 0) is 11.3 Å². The third-order valence-corrected chi connectivity index (χ3v) is 4.81. The summed E-state index contributed by atoms with van der Waals surface area (Å²) in [4.78, 5) is 16.1. The highest BCUT2D eigenvalue weighted by Gasteiger charge is 2.57. The van der Waals surface area contributed by atoms with Crippen LogP contribution in [0.4, 0.5) is 0 Å². The summed E-state index contributed by atoms with van der Waals surface area (Å²) >= 11 is 0. The van der Waals surface area contributed by atoms with Crippen molar-refractivity contribution >= 4 is 5.91 Å². The molecule has 0 aromatic carbocycles. The van der Waals surface area contributed by atoms with Crippen molar-refractivity contribution < 1.29 is 4.79 Å². The van der Waals surface area contributed by atoms with Crippen molar-refractivity contribution in [3.63, 3.8) is 0 Å². The van der Waals surface area contributed by atoms with E-state index in [1.165, 1.54) is 12.8 Å². The van der Waals surface area contributed by atoms with E-state index in [0.717, 1.165) is 45.4 Å². The van der Waals surface area contributed by atoms with Gasteiger partial charge in [-0.15, -0.1) is 0 Å². The minimum absolute atomic E-state index is 0.287. The van der Waals surface area contributed by atoms with Crippen LogP contribution in [0.2, 0.25) is 0 Å². The highest BCUT2D eigenvalue weighted by atomic mass is 16.2. The number of amides is 1. The fraction of sp³-hybridized carbons (Fsp3) is 0.733.